The van der Waals surface area contributed by atoms with E-state index in [1.165, 1.54) is 11.3 Å². The largest absolute Gasteiger partial charge is 0.497 e. The Hall–Kier alpha value is -3.85. The molecule has 3 rings (SSSR count). The van der Waals surface area contributed by atoms with Crippen molar-refractivity contribution in [2.45, 2.75) is 53.0 Å². The third-order valence-electron chi connectivity index (χ3n) is 5.93. The second kappa shape index (κ2) is 12.4. The fraction of sp³-hybridized carbons (Fsp3) is 0.321. The SMILES string of the molecule is CCCC[C@H](NC(=O)c1sc(-c2ccc(OC)cc2)cc1NC(=O)Nc1c(C)cc(C)cc1C)C(=O)O. The molecule has 0 saturated heterocycles. The molecule has 3 aromatic rings. The van der Waals surface area contributed by atoms with E-state index < -0.39 is 23.9 Å². The standard InChI is InChI=1S/C28H33N3O5S/c1-6-7-8-21(27(33)34)29-26(32)25-22(15-23(37-25)19-9-11-20(36-5)12-10-19)30-28(35)31-24-17(3)13-16(2)14-18(24)4/h9-15,21H,6-8H2,1-5H3,(H,29,32)(H,33,34)(H2,30,31,35)/t21-/m0/s1. The summed E-state index contributed by atoms with van der Waals surface area (Å²) in [6.07, 6.45) is 1.80. The molecule has 3 amide bonds. The number of carbonyl (C=O) groups is 3. The Bertz CT molecular complexity index is 1260. The van der Waals surface area contributed by atoms with E-state index in [2.05, 4.69) is 16.0 Å². The van der Waals surface area contributed by atoms with Gasteiger partial charge in [-0.05, 0) is 74.2 Å². The average Bonchev–Trinajstić information content (AvgIpc) is 3.27. The molecule has 0 bridgehead atoms. The summed E-state index contributed by atoms with van der Waals surface area (Å²) < 4.78 is 5.22. The van der Waals surface area contributed by atoms with Gasteiger partial charge in [-0.1, -0.05) is 37.5 Å². The molecule has 0 aliphatic rings. The third-order valence-corrected chi connectivity index (χ3v) is 7.11. The molecule has 0 aliphatic carbocycles. The Balaban J connectivity index is 1.92. The first-order valence-corrected chi connectivity index (χ1v) is 12.9. The molecule has 4 N–H and O–H groups in total. The van der Waals surface area contributed by atoms with Gasteiger partial charge in [0, 0.05) is 10.6 Å². The van der Waals surface area contributed by atoms with Gasteiger partial charge >= 0.3 is 12.0 Å². The molecule has 1 heterocycles. The number of methoxy groups -OCH3 is 1. The number of carboxylic acid groups (broad SMARTS) is 1. The van der Waals surface area contributed by atoms with E-state index in [1.807, 2.05) is 64.1 Å². The van der Waals surface area contributed by atoms with Crippen LogP contribution in [-0.4, -0.2) is 36.2 Å². The molecule has 9 heteroatoms. The molecule has 1 atom stereocenters. The first-order chi connectivity index (χ1) is 17.6. The van der Waals surface area contributed by atoms with Crippen LogP contribution in [0.1, 0.15) is 52.5 Å². The molecule has 2 aromatic carbocycles. The number of anilines is 2. The number of amides is 3. The fourth-order valence-corrected chi connectivity index (χ4v) is 5.11. The maximum atomic E-state index is 13.2. The van der Waals surface area contributed by atoms with Crippen LogP contribution >= 0.6 is 11.3 Å². The van der Waals surface area contributed by atoms with Crippen molar-refractivity contribution >= 4 is 40.6 Å². The Morgan fingerprint density at radius 3 is 2.22 bits per heavy atom. The van der Waals surface area contributed by atoms with E-state index in [4.69, 9.17) is 4.74 Å². The number of hydrogen-bond acceptors (Lipinski definition) is 5. The third kappa shape index (κ3) is 7.10. The Morgan fingerprint density at radius 1 is 1.00 bits per heavy atom. The minimum atomic E-state index is -1.09. The van der Waals surface area contributed by atoms with Crippen molar-refractivity contribution in [3.63, 3.8) is 0 Å². The van der Waals surface area contributed by atoms with Crippen LogP contribution in [0.3, 0.4) is 0 Å². The predicted octanol–water partition coefficient (Wildman–Crippen LogP) is 6.37. The quantitative estimate of drug-likeness (QED) is 0.246. The van der Waals surface area contributed by atoms with Crippen LogP contribution in [0, 0.1) is 20.8 Å². The van der Waals surface area contributed by atoms with E-state index in [9.17, 15) is 19.5 Å². The summed E-state index contributed by atoms with van der Waals surface area (Å²) in [7, 11) is 1.58. The highest BCUT2D eigenvalue weighted by Gasteiger charge is 2.25. The van der Waals surface area contributed by atoms with E-state index in [0.717, 1.165) is 33.6 Å². The number of urea groups is 1. The lowest BCUT2D eigenvalue weighted by molar-refractivity contribution is -0.139. The number of aliphatic carboxylic acids is 1. The zero-order valence-electron chi connectivity index (χ0n) is 21.7. The molecule has 8 nitrogen and oxygen atoms in total. The molecule has 0 unspecified atom stereocenters. The summed E-state index contributed by atoms with van der Waals surface area (Å²) in [5.41, 5.74) is 4.78. The van der Waals surface area contributed by atoms with Gasteiger partial charge < -0.3 is 25.8 Å². The molecule has 0 spiro atoms. The summed E-state index contributed by atoms with van der Waals surface area (Å²) in [5.74, 6) is -0.947. The van der Waals surface area contributed by atoms with Crippen molar-refractivity contribution in [1.29, 1.82) is 0 Å². The second-order valence-corrected chi connectivity index (χ2v) is 9.99. The first-order valence-electron chi connectivity index (χ1n) is 12.1. The van der Waals surface area contributed by atoms with Crippen LogP contribution in [0.5, 0.6) is 5.75 Å². The van der Waals surface area contributed by atoms with Crippen LogP contribution in [0.2, 0.25) is 0 Å². The number of nitrogens with one attached hydrogen (secondary N) is 3. The van der Waals surface area contributed by atoms with Gasteiger partial charge in [0.2, 0.25) is 0 Å². The van der Waals surface area contributed by atoms with Gasteiger partial charge in [-0.2, -0.15) is 0 Å². The van der Waals surface area contributed by atoms with E-state index in [-0.39, 0.29) is 4.88 Å². The van der Waals surface area contributed by atoms with Gasteiger partial charge in [0.15, 0.2) is 0 Å². The summed E-state index contributed by atoms with van der Waals surface area (Å²) in [6.45, 7) is 7.79. The molecule has 1 aromatic heterocycles. The lowest BCUT2D eigenvalue weighted by Crippen LogP contribution is -2.40. The highest BCUT2D eigenvalue weighted by Crippen LogP contribution is 2.36. The van der Waals surface area contributed by atoms with Crippen molar-refractivity contribution in [3.8, 4) is 16.2 Å². The van der Waals surface area contributed by atoms with Gasteiger partial charge in [-0.15, -0.1) is 11.3 Å². The molecule has 196 valence electrons. The maximum Gasteiger partial charge on any atom is 0.326 e. The minimum Gasteiger partial charge on any atom is -0.497 e. The molecule has 0 saturated carbocycles. The van der Waals surface area contributed by atoms with Crippen LogP contribution in [0.25, 0.3) is 10.4 Å². The topological polar surface area (TPSA) is 117 Å². The van der Waals surface area contributed by atoms with Gasteiger partial charge in [-0.3, -0.25) is 4.79 Å². The van der Waals surface area contributed by atoms with Crippen LogP contribution < -0.4 is 20.7 Å². The van der Waals surface area contributed by atoms with E-state index in [0.29, 0.717) is 30.0 Å². The van der Waals surface area contributed by atoms with Gasteiger partial charge in [0.25, 0.3) is 5.91 Å². The highest BCUT2D eigenvalue weighted by atomic mass is 32.1. The molecular weight excluding hydrogens is 490 g/mol. The normalized spacial score (nSPS) is 11.5. The lowest BCUT2D eigenvalue weighted by Gasteiger charge is -2.15. The monoisotopic (exact) mass is 523 g/mol. The van der Waals surface area contributed by atoms with E-state index in [1.54, 1.807) is 13.2 Å². The second-order valence-electron chi connectivity index (χ2n) is 8.94. The van der Waals surface area contributed by atoms with Crippen LogP contribution in [-0.2, 0) is 4.79 Å². The number of benzene rings is 2. The molecule has 37 heavy (non-hydrogen) atoms. The van der Waals surface area contributed by atoms with Gasteiger partial charge in [0.05, 0.1) is 12.8 Å². The van der Waals surface area contributed by atoms with Crippen molar-refractivity contribution in [3.05, 3.63) is 64.0 Å². The summed E-state index contributed by atoms with van der Waals surface area (Å²) in [5, 5.41) is 17.9. The number of carboxylic acids is 1. The zero-order valence-corrected chi connectivity index (χ0v) is 22.5. The first kappa shape index (κ1) is 27.7. The number of hydrogen-bond donors (Lipinski definition) is 4. The zero-order chi connectivity index (χ0) is 27.1. The van der Waals surface area contributed by atoms with Crippen molar-refractivity contribution in [2.75, 3.05) is 17.7 Å². The summed E-state index contributed by atoms with van der Waals surface area (Å²) in [6, 6.07) is 11.5. The summed E-state index contributed by atoms with van der Waals surface area (Å²) in [4.78, 5) is 38.9. The highest BCUT2D eigenvalue weighted by molar-refractivity contribution is 7.18. The predicted molar refractivity (Wildman–Crippen MR) is 148 cm³/mol. The number of ether oxygens (including phenoxy) is 1. The van der Waals surface area contributed by atoms with Crippen molar-refractivity contribution in [2.24, 2.45) is 0 Å². The number of rotatable bonds is 10. The lowest BCUT2D eigenvalue weighted by atomic mass is 10.1. The number of aryl methyl sites for hydroxylation is 3. The van der Waals surface area contributed by atoms with Crippen molar-refractivity contribution < 1.29 is 24.2 Å². The number of unbranched alkanes of at least 4 members (excludes halogenated alkanes) is 1. The Labute approximate surface area is 221 Å². The van der Waals surface area contributed by atoms with Gasteiger partial charge in [-0.25, -0.2) is 9.59 Å². The fourth-order valence-electron chi connectivity index (χ4n) is 4.08. The number of carbonyl (C=O) groups excluding carboxylic acids is 2. The minimum absolute atomic E-state index is 0.223. The smallest absolute Gasteiger partial charge is 0.326 e. The Kier molecular flexibility index (Phi) is 9.30. The average molecular weight is 524 g/mol. The number of thiophene rings is 1. The van der Waals surface area contributed by atoms with Crippen molar-refractivity contribution in [1.82, 2.24) is 5.32 Å². The summed E-state index contributed by atoms with van der Waals surface area (Å²) >= 11 is 1.18. The molecule has 0 fully saturated rings. The molecular formula is C28H33N3O5S. The van der Waals surface area contributed by atoms with Gasteiger partial charge in [0.1, 0.15) is 16.7 Å². The van der Waals surface area contributed by atoms with E-state index >= 15 is 0 Å². The molecule has 0 aliphatic heterocycles. The molecule has 0 radical (unpaired) electrons. The van der Waals surface area contributed by atoms with Crippen LogP contribution in [0.15, 0.2) is 42.5 Å². The van der Waals surface area contributed by atoms with Crippen LogP contribution in [0.4, 0.5) is 16.2 Å². The Morgan fingerprint density at radius 2 is 1.65 bits per heavy atom. The maximum absolute atomic E-state index is 13.2.